The van der Waals surface area contributed by atoms with Crippen molar-refractivity contribution in [2.75, 3.05) is 13.1 Å². The lowest BCUT2D eigenvalue weighted by Gasteiger charge is -2.32. The number of halogens is 3. The molecule has 126 valence electrons. The maximum Gasteiger partial charge on any atom is 0.416 e. The number of amides is 1. The third-order valence-electron chi connectivity index (χ3n) is 5.15. The molecule has 0 spiro atoms. The van der Waals surface area contributed by atoms with Crippen LogP contribution < -0.4 is 5.32 Å². The van der Waals surface area contributed by atoms with Crippen molar-refractivity contribution in [3.63, 3.8) is 0 Å². The number of alkyl halides is 3. The fraction of sp³-hybridized carbons (Fsp3) is 0.588. The molecule has 2 fully saturated rings. The Bertz CT molecular complexity index is 590. The average molecular weight is 326 g/mol. The second-order valence-corrected chi connectivity index (χ2v) is 6.51. The molecule has 0 aromatic heterocycles. The van der Waals surface area contributed by atoms with Crippen LogP contribution in [-0.2, 0) is 11.0 Å². The Kier molecular flexibility index (Phi) is 4.12. The monoisotopic (exact) mass is 326 g/mol. The third-order valence-corrected chi connectivity index (χ3v) is 5.15. The van der Waals surface area contributed by atoms with Gasteiger partial charge in [0.05, 0.1) is 11.6 Å². The van der Waals surface area contributed by atoms with Crippen LogP contribution >= 0.6 is 0 Å². The molecule has 2 heterocycles. The molecule has 0 saturated carbocycles. The molecule has 2 aliphatic heterocycles. The quantitative estimate of drug-likeness (QED) is 0.922. The lowest BCUT2D eigenvalue weighted by molar-refractivity contribution is -0.139. The van der Waals surface area contributed by atoms with E-state index in [1.807, 2.05) is 0 Å². The highest BCUT2D eigenvalue weighted by Gasteiger charge is 2.50. The molecule has 1 atom stereocenters. The van der Waals surface area contributed by atoms with Crippen LogP contribution in [0.4, 0.5) is 13.2 Å². The molecule has 2 aliphatic rings. The average Bonchev–Trinajstić information content (AvgIpc) is 3.06. The van der Waals surface area contributed by atoms with Gasteiger partial charge in [-0.3, -0.25) is 9.69 Å². The Morgan fingerprint density at radius 2 is 1.83 bits per heavy atom. The smallest absolute Gasteiger partial charge is 0.348 e. The number of rotatable bonds is 3. The number of nitrogens with one attached hydrogen (secondary N) is 1. The first-order valence-electron chi connectivity index (χ1n) is 8.07. The minimum atomic E-state index is -4.42. The summed E-state index contributed by atoms with van der Waals surface area (Å²) in [5.41, 5.74) is -1.06. The van der Waals surface area contributed by atoms with E-state index in [0.29, 0.717) is 0 Å². The maximum absolute atomic E-state index is 13.1. The van der Waals surface area contributed by atoms with E-state index in [2.05, 4.69) is 10.2 Å². The zero-order valence-electron chi connectivity index (χ0n) is 13.1. The van der Waals surface area contributed by atoms with Crippen LogP contribution in [0.15, 0.2) is 24.3 Å². The molecule has 1 unspecified atom stereocenters. The molecule has 1 aromatic rings. The van der Waals surface area contributed by atoms with Gasteiger partial charge in [0.15, 0.2) is 0 Å². The van der Waals surface area contributed by atoms with E-state index in [-0.39, 0.29) is 11.5 Å². The number of benzene rings is 1. The number of hydrogen-bond acceptors (Lipinski definition) is 2. The van der Waals surface area contributed by atoms with Gasteiger partial charge in [-0.2, -0.15) is 13.2 Å². The molecule has 1 amide bonds. The number of fused-ring (bicyclic) bond motifs is 1. The van der Waals surface area contributed by atoms with Gasteiger partial charge in [-0.25, -0.2) is 0 Å². The minimum Gasteiger partial charge on any atom is -0.348 e. The van der Waals surface area contributed by atoms with E-state index >= 15 is 0 Å². The molecule has 0 aliphatic carbocycles. The summed E-state index contributed by atoms with van der Waals surface area (Å²) in [4.78, 5) is 14.9. The van der Waals surface area contributed by atoms with Crippen LogP contribution in [0.25, 0.3) is 0 Å². The number of carbonyl (C=O) groups excluding carboxylic acids is 1. The summed E-state index contributed by atoms with van der Waals surface area (Å²) in [6, 6.07) is 4.77. The molecule has 3 rings (SSSR count). The lowest BCUT2D eigenvalue weighted by Crippen LogP contribution is -2.52. The summed E-state index contributed by atoms with van der Waals surface area (Å²) in [6.45, 7) is 3.43. The SMILES string of the molecule is CC(NC(=O)C12CCCN1CCC2)c1ccccc1C(F)(F)F. The summed E-state index contributed by atoms with van der Waals surface area (Å²) in [7, 11) is 0. The van der Waals surface area contributed by atoms with Gasteiger partial charge in [-0.05, 0) is 57.3 Å². The molecule has 0 radical (unpaired) electrons. The Labute approximate surface area is 133 Å². The van der Waals surface area contributed by atoms with E-state index in [4.69, 9.17) is 0 Å². The fourth-order valence-electron chi connectivity index (χ4n) is 4.02. The zero-order valence-corrected chi connectivity index (χ0v) is 13.1. The molecule has 2 saturated heterocycles. The maximum atomic E-state index is 13.1. The van der Waals surface area contributed by atoms with Crippen molar-refractivity contribution in [3.8, 4) is 0 Å². The second kappa shape index (κ2) is 5.82. The minimum absolute atomic E-state index is 0.118. The first kappa shape index (κ1) is 16.3. The normalized spacial score (nSPS) is 21.9. The van der Waals surface area contributed by atoms with Gasteiger partial charge >= 0.3 is 6.18 Å². The summed E-state index contributed by atoms with van der Waals surface area (Å²) >= 11 is 0. The van der Waals surface area contributed by atoms with Gasteiger partial charge in [0, 0.05) is 0 Å². The van der Waals surface area contributed by atoms with Crippen LogP contribution in [0.3, 0.4) is 0 Å². The highest BCUT2D eigenvalue weighted by atomic mass is 19.4. The van der Waals surface area contributed by atoms with Gasteiger partial charge < -0.3 is 5.32 Å². The second-order valence-electron chi connectivity index (χ2n) is 6.51. The molecule has 0 bridgehead atoms. The van der Waals surface area contributed by atoms with Gasteiger partial charge in [-0.15, -0.1) is 0 Å². The molecular weight excluding hydrogens is 305 g/mol. The highest BCUT2D eigenvalue weighted by molar-refractivity contribution is 5.87. The van der Waals surface area contributed by atoms with Gasteiger partial charge in [0.25, 0.3) is 0 Å². The predicted octanol–water partition coefficient (Wildman–Crippen LogP) is 3.51. The van der Waals surface area contributed by atoms with Crippen LogP contribution in [0.1, 0.15) is 49.8 Å². The van der Waals surface area contributed by atoms with Gasteiger partial charge in [0.1, 0.15) is 5.54 Å². The molecule has 1 N–H and O–H groups in total. The summed E-state index contributed by atoms with van der Waals surface area (Å²) in [5.74, 6) is -0.128. The van der Waals surface area contributed by atoms with Crippen LogP contribution in [0.5, 0.6) is 0 Å². The summed E-state index contributed by atoms with van der Waals surface area (Å²) in [6.07, 6.45) is -0.874. The number of carbonyl (C=O) groups is 1. The van der Waals surface area contributed by atoms with Crippen molar-refractivity contribution in [1.82, 2.24) is 10.2 Å². The molecule has 3 nitrogen and oxygen atoms in total. The van der Waals surface area contributed by atoms with Crippen molar-refractivity contribution in [2.45, 2.75) is 50.4 Å². The molecule has 6 heteroatoms. The predicted molar refractivity (Wildman–Crippen MR) is 80.8 cm³/mol. The Hall–Kier alpha value is -1.56. The van der Waals surface area contributed by atoms with Crippen LogP contribution in [0.2, 0.25) is 0 Å². The largest absolute Gasteiger partial charge is 0.416 e. The van der Waals surface area contributed by atoms with Crippen LogP contribution in [-0.4, -0.2) is 29.4 Å². The van der Waals surface area contributed by atoms with E-state index in [1.54, 1.807) is 13.0 Å². The first-order valence-corrected chi connectivity index (χ1v) is 8.07. The standard InChI is InChI=1S/C17H21F3N2O/c1-12(13-6-2-3-7-14(13)17(18,19)20)21-15(23)16-8-4-10-22(16)11-5-9-16/h2-3,6-7,12H,4-5,8-11H2,1H3,(H,21,23). The molecule has 23 heavy (non-hydrogen) atoms. The van der Waals surface area contributed by atoms with E-state index in [1.165, 1.54) is 12.1 Å². The molecular formula is C17H21F3N2O. The van der Waals surface area contributed by atoms with Crippen LogP contribution in [0, 0.1) is 0 Å². The Morgan fingerprint density at radius 1 is 1.22 bits per heavy atom. The third kappa shape index (κ3) is 2.84. The number of hydrogen-bond donors (Lipinski definition) is 1. The van der Waals surface area contributed by atoms with Gasteiger partial charge in [0.2, 0.25) is 5.91 Å². The lowest BCUT2D eigenvalue weighted by atomic mass is 9.92. The van der Waals surface area contributed by atoms with E-state index < -0.39 is 23.3 Å². The Balaban J connectivity index is 1.80. The van der Waals surface area contributed by atoms with Gasteiger partial charge in [-0.1, -0.05) is 18.2 Å². The zero-order chi connectivity index (χ0) is 16.7. The number of nitrogens with zero attached hydrogens (tertiary/aromatic N) is 1. The van der Waals surface area contributed by atoms with Crippen molar-refractivity contribution in [3.05, 3.63) is 35.4 Å². The van der Waals surface area contributed by atoms with E-state index in [0.717, 1.165) is 44.8 Å². The fourth-order valence-corrected chi connectivity index (χ4v) is 4.02. The topological polar surface area (TPSA) is 32.3 Å². The van der Waals surface area contributed by atoms with Crippen molar-refractivity contribution in [2.24, 2.45) is 0 Å². The first-order chi connectivity index (χ1) is 10.8. The Morgan fingerprint density at radius 3 is 2.43 bits per heavy atom. The van der Waals surface area contributed by atoms with E-state index in [9.17, 15) is 18.0 Å². The van der Waals surface area contributed by atoms with Crippen molar-refractivity contribution >= 4 is 5.91 Å². The summed E-state index contributed by atoms with van der Waals surface area (Å²) in [5, 5.41) is 2.83. The summed E-state index contributed by atoms with van der Waals surface area (Å²) < 4.78 is 39.4. The van der Waals surface area contributed by atoms with Crippen molar-refractivity contribution < 1.29 is 18.0 Å². The molecule has 1 aromatic carbocycles. The highest BCUT2D eigenvalue weighted by Crippen LogP contribution is 2.40. The van der Waals surface area contributed by atoms with Crippen molar-refractivity contribution in [1.29, 1.82) is 0 Å².